The molecule has 10 N–H and O–H groups in total. The summed E-state index contributed by atoms with van der Waals surface area (Å²) in [6.07, 6.45) is -17.6. The van der Waals surface area contributed by atoms with Gasteiger partial charge in [-0.05, 0) is 24.3 Å². The molecule has 17 heteroatoms. The number of rotatable bonds is 12. The van der Waals surface area contributed by atoms with Crippen molar-refractivity contribution >= 4 is 11.9 Å². The van der Waals surface area contributed by atoms with Crippen LogP contribution < -0.4 is 14.8 Å². The minimum absolute atomic E-state index is 0.155. The van der Waals surface area contributed by atoms with E-state index >= 15 is 0 Å². The van der Waals surface area contributed by atoms with E-state index in [0.717, 1.165) is 0 Å². The summed E-state index contributed by atoms with van der Waals surface area (Å²) in [7, 11) is 1.44. The number of carboxylic acid groups (broad SMARTS) is 1. The van der Waals surface area contributed by atoms with E-state index in [1.54, 1.807) is 0 Å². The topological polar surface area (TPSA) is 274 Å². The predicted octanol–water partition coefficient (Wildman–Crippen LogP) is -4.98. The Labute approximate surface area is 233 Å². The molecule has 3 rings (SSSR count). The number of aliphatic hydroxyl groups excluding tert-OH is 8. The number of carboxylic acids is 1. The minimum atomic E-state index is -2.94. The van der Waals surface area contributed by atoms with Gasteiger partial charge in [-0.1, -0.05) is 0 Å². The maximum Gasteiger partial charge on any atom is 0.364 e. The molecule has 2 fully saturated rings. The van der Waals surface area contributed by atoms with Crippen molar-refractivity contribution in [3.05, 3.63) is 24.3 Å². The van der Waals surface area contributed by atoms with Crippen LogP contribution in [-0.4, -0.2) is 152 Å². The van der Waals surface area contributed by atoms with Gasteiger partial charge in [0.2, 0.25) is 12.2 Å². The van der Waals surface area contributed by atoms with Crippen molar-refractivity contribution in [2.24, 2.45) is 0 Å². The standard InChI is InChI=1S/C24H35NO16/c1-37-10-2-4-11(5-3-10)38-22-19(34)21(18(33)14(8-27)39-22)41-24(23(35)36)6-12(29)16(25-15(31)9-28)20(40-24)17(32)13(30)7-26/h2-5,12-14,16-22,26-30,32-34H,6-9H2,1H3,(H,25,31)(H,35,36)/t12-,13+,14+,16+,17+,18-,19+,20+,21-,22+,24-/m0/s1. The SMILES string of the molecule is COc1ccc(O[C@@H]2O[C@H](CO)[C@H](O)[C@H](O[C@]3(C(=O)O)C[C@H](O)[C@@H](NC(=O)CO)[C@H]([C@H](O)[C@H](O)CO)O3)[C@H]2O)cc1. The van der Waals surface area contributed by atoms with Gasteiger partial charge >= 0.3 is 5.97 Å². The first-order valence-corrected chi connectivity index (χ1v) is 12.5. The monoisotopic (exact) mass is 593 g/mol. The third-order valence-corrected chi connectivity index (χ3v) is 6.75. The highest BCUT2D eigenvalue weighted by Crippen LogP contribution is 2.37. The first-order valence-electron chi connectivity index (χ1n) is 12.5. The Morgan fingerprint density at radius 2 is 1.71 bits per heavy atom. The van der Waals surface area contributed by atoms with Crippen LogP contribution in [0.5, 0.6) is 11.5 Å². The molecule has 0 unspecified atom stereocenters. The molecule has 41 heavy (non-hydrogen) atoms. The molecule has 0 aromatic heterocycles. The summed E-state index contributed by atoms with van der Waals surface area (Å²) in [5.74, 6) is -5.24. The first kappa shape index (κ1) is 32.8. The maximum atomic E-state index is 12.5. The van der Waals surface area contributed by atoms with Crippen LogP contribution in [0.4, 0.5) is 0 Å². The molecule has 1 amide bonds. The van der Waals surface area contributed by atoms with Gasteiger partial charge in [-0.2, -0.15) is 0 Å². The normalized spacial score (nSPS) is 35.2. The summed E-state index contributed by atoms with van der Waals surface area (Å²) in [4.78, 5) is 24.3. The molecule has 2 aliphatic heterocycles. The lowest BCUT2D eigenvalue weighted by atomic mass is 9.88. The van der Waals surface area contributed by atoms with Gasteiger partial charge < -0.3 is 75.0 Å². The van der Waals surface area contributed by atoms with Crippen LogP contribution >= 0.6 is 0 Å². The van der Waals surface area contributed by atoms with Crippen LogP contribution in [-0.2, 0) is 23.8 Å². The molecule has 2 heterocycles. The number of methoxy groups -OCH3 is 1. The van der Waals surface area contributed by atoms with Crippen LogP contribution in [0.3, 0.4) is 0 Å². The molecule has 17 nitrogen and oxygen atoms in total. The zero-order chi connectivity index (χ0) is 30.5. The summed E-state index contributed by atoms with van der Waals surface area (Å²) in [5, 5.41) is 93.6. The Hall–Kier alpha value is -2.68. The smallest absolute Gasteiger partial charge is 0.364 e. The highest BCUT2D eigenvalue weighted by Gasteiger charge is 2.59. The number of carbonyl (C=O) groups excluding carboxylic acids is 1. The second kappa shape index (κ2) is 14.0. The molecular weight excluding hydrogens is 558 g/mol. The Morgan fingerprint density at radius 3 is 2.24 bits per heavy atom. The summed E-state index contributed by atoms with van der Waals surface area (Å²) < 4.78 is 27.2. The number of aliphatic carboxylic acids is 1. The molecule has 0 spiro atoms. The van der Waals surface area contributed by atoms with E-state index < -0.39 is 105 Å². The Bertz CT molecular complexity index is 1010. The van der Waals surface area contributed by atoms with Gasteiger partial charge in [-0.25, -0.2) is 4.79 Å². The fourth-order valence-corrected chi connectivity index (χ4v) is 4.54. The molecule has 2 saturated heterocycles. The minimum Gasteiger partial charge on any atom is -0.497 e. The second-order valence-electron chi connectivity index (χ2n) is 9.49. The lowest BCUT2D eigenvalue weighted by Gasteiger charge is -2.49. The van der Waals surface area contributed by atoms with E-state index in [-0.39, 0.29) is 5.75 Å². The van der Waals surface area contributed by atoms with Crippen molar-refractivity contribution in [3.8, 4) is 11.5 Å². The number of nitrogens with one attached hydrogen (secondary N) is 1. The summed E-state index contributed by atoms with van der Waals surface area (Å²) in [6, 6.07) is 4.38. The largest absolute Gasteiger partial charge is 0.497 e. The van der Waals surface area contributed by atoms with Gasteiger partial charge in [0.1, 0.15) is 60.8 Å². The van der Waals surface area contributed by atoms with Crippen molar-refractivity contribution in [3.63, 3.8) is 0 Å². The number of hydrogen-bond acceptors (Lipinski definition) is 15. The molecule has 1 aromatic carbocycles. The number of carbonyl (C=O) groups is 2. The van der Waals surface area contributed by atoms with Gasteiger partial charge in [0.05, 0.1) is 32.5 Å². The molecule has 0 bridgehead atoms. The van der Waals surface area contributed by atoms with Crippen LogP contribution in [0.25, 0.3) is 0 Å². The summed E-state index contributed by atoms with van der Waals surface area (Å²) in [6.45, 7) is -2.90. The number of amides is 1. The lowest BCUT2D eigenvalue weighted by Crippen LogP contribution is -2.70. The molecule has 2 aliphatic rings. The van der Waals surface area contributed by atoms with Gasteiger partial charge in [0, 0.05) is 6.42 Å². The van der Waals surface area contributed by atoms with Crippen LogP contribution in [0.15, 0.2) is 24.3 Å². The van der Waals surface area contributed by atoms with E-state index in [1.165, 1.54) is 31.4 Å². The van der Waals surface area contributed by atoms with Gasteiger partial charge in [0.25, 0.3) is 5.79 Å². The van der Waals surface area contributed by atoms with E-state index in [1.807, 2.05) is 0 Å². The quantitative estimate of drug-likeness (QED) is 0.109. The molecule has 0 radical (unpaired) electrons. The average molecular weight is 594 g/mol. The Balaban J connectivity index is 1.94. The van der Waals surface area contributed by atoms with E-state index in [0.29, 0.717) is 5.75 Å². The number of hydrogen-bond donors (Lipinski definition) is 10. The molecule has 0 saturated carbocycles. The van der Waals surface area contributed by atoms with Crippen LogP contribution in [0, 0.1) is 0 Å². The fraction of sp³-hybridized carbons (Fsp3) is 0.667. The van der Waals surface area contributed by atoms with Crippen molar-refractivity contribution in [2.75, 3.05) is 26.9 Å². The van der Waals surface area contributed by atoms with E-state index in [4.69, 9.17) is 28.8 Å². The van der Waals surface area contributed by atoms with Gasteiger partial charge in [-0.15, -0.1) is 0 Å². The fourth-order valence-electron chi connectivity index (χ4n) is 4.54. The number of benzene rings is 1. The van der Waals surface area contributed by atoms with Gasteiger partial charge in [0.15, 0.2) is 0 Å². The molecule has 1 aromatic rings. The Kier molecular flexibility index (Phi) is 11.2. The molecule has 232 valence electrons. The van der Waals surface area contributed by atoms with E-state index in [2.05, 4.69) is 5.32 Å². The van der Waals surface area contributed by atoms with E-state index in [9.17, 15) is 50.4 Å². The summed E-state index contributed by atoms with van der Waals surface area (Å²) in [5.41, 5.74) is 0. The highest BCUT2D eigenvalue weighted by molar-refractivity contribution is 5.78. The van der Waals surface area contributed by atoms with Crippen molar-refractivity contribution in [2.45, 2.75) is 73.4 Å². The molecular formula is C24H35NO16. The van der Waals surface area contributed by atoms with Crippen molar-refractivity contribution < 1.29 is 79.2 Å². The lowest BCUT2D eigenvalue weighted by molar-refractivity contribution is -0.363. The maximum absolute atomic E-state index is 12.5. The van der Waals surface area contributed by atoms with Crippen LogP contribution in [0.1, 0.15) is 6.42 Å². The zero-order valence-corrected chi connectivity index (χ0v) is 21.8. The third kappa shape index (κ3) is 7.22. The second-order valence-corrected chi connectivity index (χ2v) is 9.49. The summed E-state index contributed by atoms with van der Waals surface area (Å²) >= 11 is 0. The predicted molar refractivity (Wildman–Crippen MR) is 130 cm³/mol. The van der Waals surface area contributed by atoms with Crippen molar-refractivity contribution in [1.82, 2.24) is 5.32 Å². The first-order chi connectivity index (χ1) is 19.4. The zero-order valence-electron chi connectivity index (χ0n) is 21.8. The number of ether oxygens (including phenoxy) is 5. The third-order valence-electron chi connectivity index (χ3n) is 6.75. The average Bonchev–Trinajstić information content (AvgIpc) is 2.97. The highest BCUT2D eigenvalue weighted by atomic mass is 16.8. The van der Waals surface area contributed by atoms with Gasteiger partial charge in [-0.3, -0.25) is 4.79 Å². The van der Waals surface area contributed by atoms with Crippen LogP contribution in [0.2, 0.25) is 0 Å². The number of aliphatic hydroxyl groups is 8. The molecule has 0 aliphatic carbocycles. The van der Waals surface area contributed by atoms with Crippen molar-refractivity contribution in [1.29, 1.82) is 0 Å². The Morgan fingerprint density at radius 1 is 1.07 bits per heavy atom. The molecule has 11 atom stereocenters.